The van der Waals surface area contributed by atoms with Gasteiger partial charge >= 0.3 is 0 Å². The second-order valence-electron chi connectivity index (χ2n) is 6.50. The number of hydrogen-bond donors (Lipinski definition) is 0. The molecule has 1 amide bonds. The van der Waals surface area contributed by atoms with Crippen LogP contribution in [-0.2, 0) is 17.9 Å². The van der Waals surface area contributed by atoms with Crippen LogP contribution in [0, 0.1) is 0 Å². The second-order valence-corrected chi connectivity index (χ2v) is 6.50. The van der Waals surface area contributed by atoms with Gasteiger partial charge in [0.2, 0.25) is 5.91 Å². The van der Waals surface area contributed by atoms with Gasteiger partial charge < -0.3 is 4.90 Å². The highest BCUT2D eigenvalue weighted by Crippen LogP contribution is 2.34. The summed E-state index contributed by atoms with van der Waals surface area (Å²) < 4.78 is 0. The summed E-state index contributed by atoms with van der Waals surface area (Å²) in [7, 11) is 0. The van der Waals surface area contributed by atoms with Crippen LogP contribution >= 0.6 is 0 Å². The summed E-state index contributed by atoms with van der Waals surface area (Å²) in [5.74, 6) is 0.224. The van der Waals surface area contributed by atoms with Crippen LogP contribution in [0.15, 0.2) is 72.8 Å². The lowest BCUT2D eigenvalue weighted by Crippen LogP contribution is -2.23. The summed E-state index contributed by atoms with van der Waals surface area (Å²) >= 11 is 0. The summed E-state index contributed by atoms with van der Waals surface area (Å²) in [6, 6.07) is 25.6. The Morgan fingerprint density at radius 1 is 0.800 bits per heavy atom. The molecule has 1 heterocycles. The van der Waals surface area contributed by atoms with Crippen molar-refractivity contribution < 1.29 is 4.79 Å². The van der Waals surface area contributed by atoms with Crippen LogP contribution in [-0.4, -0.2) is 10.8 Å². The fraction of sp³-hybridized carbons (Fsp3) is 0.174. The van der Waals surface area contributed by atoms with Crippen LogP contribution in [0.3, 0.4) is 0 Å². The fourth-order valence-corrected chi connectivity index (χ4v) is 3.57. The van der Waals surface area contributed by atoms with Gasteiger partial charge in [0.15, 0.2) is 0 Å². The Bertz CT molecular complexity index is 914. The van der Waals surface area contributed by atoms with Crippen LogP contribution < -0.4 is 0 Å². The molecule has 0 aromatic heterocycles. The van der Waals surface area contributed by atoms with E-state index >= 15 is 0 Å². The maximum atomic E-state index is 12.0. The normalized spacial score (nSPS) is 12.9. The van der Waals surface area contributed by atoms with Gasteiger partial charge in [-0.1, -0.05) is 73.7 Å². The molecule has 0 unspecified atom stereocenters. The average Bonchev–Trinajstić information content (AvgIpc) is 3.11. The molecule has 2 heteroatoms. The van der Waals surface area contributed by atoms with Crippen molar-refractivity contribution in [1.82, 2.24) is 4.90 Å². The first-order valence-corrected chi connectivity index (χ1v) is 8.80. The summed E-state index contributed by atoms with van der Waals surface area (Å²) in [5.41, 5.74) is 7.44. The molecule has 2 nitrogen and oxygen atoms in total. The van der Waals surface area contributed by atoms with E-state index in [0.29, 0.717) is 6.42 Å². The van der Waals surface area contributed by atoms with Gasteiger partial charge in [-0.25, -0.2) is 0 Å². The number of hydrogen-bond acceptors (Lipinski definition) is 1. The van der Waals surface area contributed by atoms with Gasteiger partial charge in [0.25, 0.3) is 0 Å². The standard InChI is InChI=1S/C23H21NO/c1-2-23(25)24-15-19-13-12-18(14-20(19)16-24)22-11-7-6-10-21(22)17-8-4-3-5-9-17/h3-14H,2,15-16H2,1H3. The lowest BCUT2D eigenvalue weighted by atomic mass is 9.93. The third-order valence-corrected chi connectivity index (χ3v) is 4.91. The molecule has 1 aliphatic rings. The number of carbonyl (C=O) groups excluding carboxylic acids is 1. The summed E-state index contributed by atoms with van der Waals surface area (Å²) in [6.07, 6.45) is 0.567. The van der Waals surface area contributed by atoms with Crippen molar-refractivity contribution in [2.45, 2.75) is 26.4 Å². The van der Waals surface area contributed by atoms with E-state index < -0.39 is 0 Å². The predicted octanol–water partition coefficient (Wildman–Crippen LogP) is 5.27. The van der Waals surface area contributed by atoms with Gasteiger partial charge in [-0.2, -0.15) is 0 Å². The number of amides is 1. The smallest absolute Gasteiger partial charge is 0.222 e. The molecule has 1 aliphatic heterocycles. The Labute approximate surface area is 148 Å². The first-order valence-electron chi connectivity index (χ1n) is 8.80. The lowest BCUT2D eigenvalue weighted by Gasteiger charge is -2.13. The molecule has 3 aromatic rings. The highest BCUT2D eigenvalue weighted by atomic mass is 16.2. The SMILES string of the molecule is CCC(=O)N1Cc2ccc(-c3ccccc3-c3ccccc3)cc2C1. The van der Waals surface area contributed by atoms with Crippen LogP contribution in [0.25, 0.3) is 22.3 Å². The van der Waals surface area contributed by atoms with E-state index in [1.54, 1.807) is 0 Å². The highest BCUT2D eigenvalue weighted by molar-refractivity contribution is 5.84. The molecule has 0 atom stereocenters. The maximum absolute atomic E-state index is 12.0. The fourth-order valence-electron chi connectivity index (χ4n) is 3.57. The van der Waals surface area contributed by atoms with E-state index in [-0.39, 0.29) is 5.91 Å². The quantitative estimate of drug-likeness (QED) is 0.641. The molecular weight excluding hydrogens is 306 g/mol. The van der Waals surface area contributed by atoms with E-state index in [1.807, 2.05) is 17.9 Å². The largest absolute Gasteiger partial charge is 0.334 e. The molecule has 124 valence electrons. The van der Waals surface area contributed by atoms with Crippen LogP contribution in [0.5, 0.6) is 0 Å². The van der Waals surface area contributed by atoms with Crippen LogP contribution in [0.2, 0.25) is 0 Å². The van der Waals surface area contributed by atoms with Crippen molar-refractivity contribution in [2.24, 2.45) is 0 Å². The molecule has 0 saturated carbocycles. The summed E-state index contributed by atoms with van der Waals surface area (Å²) in [4.78, 5) is 13.9. The summed E-state index contributed by atoms with van der Waals surface area (Å²) in [5, 5.41) is 0. The Hall–Kier alpha value is -2.87. The molecule has 0 radical (unpaired) electrons. The van der Waals surface area contributed by atoms with E-state index in [9.17, 15) is 4.79 Å². The first kappa shape index (κ1) is 15.6. The molecule has 0 spiro atoms. The zero-order chi connectivity index (χ0) is 17.2. The number of fused-ring (bicyclic) bond motifs is 1. The molecule has 0 bridgehead atoms. The Morgan fingerprint density at radius 3 is 2.16 bits per heavy atom. The van der Waals surface area contributed by atoms with E-state index in [1.165, 1.54) is 33.4 Å². The minimum Gasteiger partial charge on any atom is -0.334 e. The van der Waals surface area contributed by atoms with E-state index in [4.69, 9.17) is 0 Å². The number of benzene rings is 3. The topological polar surface area (TPSA) is 20.3 Å². The molecular formula is C23H21NO. The van der Waals surface area contributed by atoms with Crippen molar-refractivity contribution >= 4 is 5.91 Å². The van der Waals surface area contributed by atoms with Gasteiger partial charge in [0.1, 0.15) is 0 Å². The Balaban J connectivity index is 1.73. The highest BCUT2D eigenvalue weighted by Gasteiger charge is 2.22. The summed E-state index contributed by atoms with van der Waals surface area (Å²) in [6.45, 7) is 3.39. The Kier molecular flexibility index (Phi) is 4.10. The van der Waals surface area contributed by atoms with Crippen molar-refractivity contribution in [3.05, 3.63) is 83.9 Å². The Morgan fingerprint density at radius 2 is 1.44 bits per heavy atom. The van der Waals surface area contributed by atoms with E-state index in [0.717, 1.165) is 13.1 Å². The zero-order valence-corrected chi connectivity index (χ0v) is 14.4. The first-order chi connectivity index (χ1) is 12.3. The molecule has 0 aliphatic carbocycles. The van der Waals surface area contributed by atoms with Crippen LogP contribution in [0.4, 0.5) is 0 Å². The molecule has 25 heavy (non-hydrogen) atoms. The third-order valence-electron chi connectivity index (χ3n) is 4.91. The zero-order valence-electron chi connectivity index (χ0n) is 14.4. The van der Waals surface area contributed by atoms with Crippen molar-refractivity contribution in [3.63, 3.8) is 0 Å². The third kappa shape index (κ3) is 2.96. The minimum absolute atomic E-state index is 0.224. The van der Waals surface area contributed by atoms with Crippen molar-refractivity contribution in [3.8, 4) is 22.3 Å². The lowest BCUT2D eigenvalue weighted by molar-refractivity contribution is -0.131. The number of carbonyl (C=O) groups is 1. The van der Waals surface area contributed by atoms with Gasteiger partial charge in [-0.05, 0) is 39.4 Å². The van der Waals surface area contributed by atoms with Crippen molar-refractivity contribution in [2.75, 3.05) is 0 Å². The van der Waals surface area contributed by atoms with Gasteiger partial charge in [-0.15, -0.1) is 0 Å². The molecule has 0 saturated heterocycles. The van der Waals surface area contributed by atoms with Gasteiger partial charge in [0.05, 0.1) is 0 Å². The number of nitrogens with zero attached hydrogens (tertiary/aromatic N) is 1. The van der Waals surface area contributed by atoms with Crippen LogP contribution in [0.1, 0.15) is 24.5 Å². The molecule has 0 N–H and O–H groups in total. The van der Waals surface area contributed by atoms with E-state index in [2.05, 4.69) is 66.7 Å². The minimum atomic E-state index is 0.224. The van der Waals surface area contributed by atoms with Gasteiger partial charge in [0, 0.05) is 19.5 Å². The predicted molar refractivity (Wildman–Crippen MR) is 102 cm³/mol. The molecule has 0 fully saturated rings. The average molecular weight is 327 g/mol. The maximum Gasteiger partial charge on any atom is 0.222 e. The molecule has 4 rings (SSSR count). The monoisotopic (exact) mass is 327 g/mol. The van der Waals surface area contributed by atoms with Gasteiger partial charge in [-0.3, -0.25) is 4.79 Å². The molecule has 3 aromatic carbocycles. The second kappa shape index (κ2) is 6.56. The van der Waals surface area contributed by atoms with Crippen molar-refractivity contribution in [1.29, 1.82) is 0 Å². The number of rotatable bonds is 3.